The van der Waals surface area contributed by atoms with E-state index in [1.807, 2.05) is 13.0 Å². The summed E-state index contributed by atoms with van der Waals surface area (Å²) < 4.78 is 0.862. The van der Waals surface area contributed by atoms with Gasteiger partial charge in [0.25, 0.3) is 5.91 Å². The quantitative estimate of drug-likeness (QED) is 0.944. The van der Waals surface area contributed by atoms with Crippen molar-refractivity contribution in [3.8, 4) is 0 Å². The van der Waals surface area contributed by atoms with Crippen LogP contribution >= 0.6 is 15.9 Å². The number of carbonyl (C=O) groups is 1. The van der Waals surface area contributed by atoms with E-state index in [1.165, 1.54) is 0 Å². The summed E-state index contributed by atoms with van der Waals surface area (Å²) in [6.07, 6.45) is 2.29. The largest absolute Gasteiger partial charge is 0.307 e. The predicted molar refractivity (Wildman–Crippen MR) is 76.0 cm³/mol. The highest BCUT2D eigenvalue weighted by atomic mass is 79.9. The van der Waals surface area contributed by atoms with E-state index in [-0.39, 0.29) is 5.91 Å². The molecule has 6 heteroatoms. The van der Waals surface area contributed by atoms with Gasteiger partial charge in [-0.15, -0.1) is 0 Å². The highest BCUT2D eigenvalue weighted by Crippen LogP contribution is 2.13. The normalized spacial score (nSPS) is 10.3. The topological polar surface area (TPSA) is 67.8 Å². The molecule has 98 valence electrons. The second kappa shape index (κ2) is 5.88. The second-order valence-corrected chi connectivity index (χ2v) is 4.93. The molecule has 2 aromatic rings. The summed E-state index contributed by atoms with van der Waals surface area (Å²) in [5, 5.41) is 10.7. The molecule has 0 spiro atoms. The summed E-state index contributed by atoms with van der Waals surface area (Å²) >= 11 is 3.30. The first-order chi connectivity index (χ1) is 9.10. The third-order valence-electron chi connectivity index (χ3n) is 2.54. The Morgan fingerprint density at radius 3 is 2.79 bits per heavy atom. The van der Waals surface area contributed by atoms with Crippen LogP contribution in [0.2, 0.25) is 0 Å². The molecule has 0 unspecified atom stereocenters. The Kier molecular flexibility index (Phi) is 4.21. The van der Waals surface area contributed by atoms with Gasteiger partial charge < -0.3 is 5.32 Å². The van der Waals surface area contributed by atoms with Gasteiger partial charge in [-0.1, -0.05) is 6.92 Å². The fraction of sp³-hybridized carbons (Fsp3) is 0.231. The zero-order valence-corrected chi connectivity index (χ0v) is 12.2. The monoisotopic (exact) mass is 320 g/mol. The molecule has 1 amide bonds. The van der Waals surface area contributed by atoms with Crippen LogP contribution in [-0.4, -0.2) is 21.1 Å². The first-order valence-corrected chi connectivity index (χ1v) is 6.65. The van der Waals surface area contributed by atoms with Gasteiger partial charge in [-0.25, -0.2) is 4.98 Å². The lowest BCUT2D eigenvalue weighted by Gasteiger charge is -2.08. The summed E-state index contributed by atoms with van der Waals surface area (Å²) in [6.45, 7) is 3.75. The van der Waals surface area contributed by atoms with Crippen molar-refractivity contribution in [2.45, 2.75) is 20.3 Å². The van der Waals surface area contributed by atoms with Gasteiger partial charge in [-0.2, -0.15) is 10.2 Å². The number of rotatable bonds is 3. The highest BCUT2D eigenvalue weighted by molar-refractivity contribution is 9.10. The molecule has 0 bridgehead atoms. The molecule has 0 fully saturated rings. The molecular formula is C13H13BrN4O. The molecule has 2 aromatic heterocycles. The van der Waals surface area contributed by atoms with Crippen LogP contribution in [0.1, 0.15) is 28.7 Å². The van der Waals surface area contributed by atoms with Crippen LogP contribution in [-0.2, 0) is 6.42 Å². The number of halogens is 1. The molecule has 2 heterocycles. The van der Waals surface area contributed by atoms with Crippen molar-refractivity contribution in [3.05, 3.63) is 45.8 Å². The summed E-state index contributed by atoms with van der Waals surface area (Å²) in [5.41, 5.74) is 1.94. The molecule has 0 radical (unpaired) electrons. The fourth-order valence-electron chi connectivity index (χ4n) is 1.61. The minimum atomic E-state index is -0.218. The number of carbonyl (C=O) groups excluding carboxylic acids is 1. The molecule has 0 saturated heterocycles. The Bertz CT molecular complexity index is 598. The maximum Gasteiger partial charge on any atom is 0.258 e. The van der Waals surface area contributed by atoms with Crippen LogP contribution in [0.15, 0.2) is 28.9 Å². The minimum absolute atomic E-state index is 0.218. The number of hydrogen-bond donors (Lipinski definition) is 1. The standard InChI is InChI=1S/C13H13BrN4O/c1-3-11-10(6-8(2)17-18-11)13(19)16-12-5-4-9(14)7-15-12/h4-7H,3H2,1-2H3,(H,15,16,19). The fourth-order valence-corrected chi connectivity index (χ4v) is 1.84. The van der Waals surface area contributed by atoms with Crippen molar-refractivity contribution >= 4 is 27.7 Å². The van der Waals surface area contributed by atoms with Crippen molar-refractivity contribution in [1.29, 1.82) is 0 Å². The zero-order chi connectivity index (χ0) is 13.8. The van der Waals surface area contributed by atoms with Gasteiger partial charge in [0.1, 0.15) is 5.82 Å². The van der Waals surface area contributed by atoms with Crippen molar-refractivity contribution in [2.75, 3.05) is 5.32 Å². The number of nitrogens with one attached hydrogen (secondary N) is 1. The molecule has 0 aliphatic carbocycles. The van der Waals surface area contributed by atoms with E-state index in [2.05, 4.69) is 36.4 Å². The molecule has 0 atom stereocenters. The van der Waals surface area contributed by atoms with Crippen LogP contribution in [0.3, 0.4) is 0 Å². The van der Waals surface area contributed by atoms with Gasteiger partial charge in [-0.3, -0.25) is 4.79 Å². The molecule has 0 aliphatic heterocycles. The smallest absolute Gasteiger partial charge is 0.258 e. The first-order valence-electron chi connectivity index (χ1n) is 5.86. The Balaban J connectivity index is 2.24. The third kappa shape index (κ3) is 3.35. The number of aromatic nitrogens is 3. The summed E-state index contributed by atoms with van der Waals surface area (Å²) in [5.74, 6) is 0.286. The SMILES string of the molecule is CCc1nnc(C)cc1C(=O)Nc1ccc(Br)cn1. The van der Waals surface area contributed by atoms with Crippen LogP contribution in [0.4, 0.5) is 5.82 Å². The summed E-state index contributed by atoms with van der Waals surface area (Å²) in [7, 11) is 0. The number of amides is 1. The molecule has 19 heavy (non-hydrogen) atoms. The van der Waals surface area contributed by atoms with E-state index in [1.54, 1.807) is 25.3 Å². The average Bonchev–Trinajstić information content (AvgIpc) is 2.41. The van der Waals surface area contributed by atoms with Crippen LogP contribution in [0, 0.1) is 6.92 Å². The molecule has 2 rings (SSSR count). The molecule has 1 N–H and O–H groups in total. The Morgan fingerprint density at radius 2 is 2.16 bits per heavy atom. The molecule has 0 aliphatic rings. The van der Waals surface area contributed by atoms with Crippen molar-refractivity contribution in [2.24, 2.45) is 0 Å². The number of hydrogen-bond acceptors (Lipinski definition) is 4. The van der Waals surface area contributed by atoms with Crippen LogP contribution in [0.5, 0.6) is 0 Å². The van der Waals surface area contributed by atoms with E-state index in [0.29, 0.717) is 29.2 Å². The van der Waals surface area contributed by atoms with Gasteiger partial charge in [0.15, 0.2) is 0 Å². The van der Waals surface area contributed by atoms with E-state index in [4.69, 9.17) is 0 Å². The van der Waals surface area contributed by atoms with E-state index in [9.17, 15) is 4.79 Å². The molecule has 5 nitrogen and oxygen atoms in total. The van der Waals surface area contributed by atoms with Gasteiger partial charge in [0, 0.05) is 10.7 Å². The van der Waals surface area contributed by atoms with Gasteiger partial charge in [0.2, 0.25) is 0 Å². The predicted octanol–water partition coefficient (Wildman–Crippen LogP) is 2.76. The molecule has 0 saturated carbocycles. The number of nitrogens with zero attached hydrogens (tertiary/aromatic N) is 3. The van der Waals surface area contributed by atoms with E-state index in [0.717, 1.165) is 4.47 Å². The number of anilines is 1. The minimum Gasteiger partial charge on any atom is -0.307 e. The van der Waals surface area contributed by atoms with Crippen molar-refractivity contribution < 1.29 is 4.79 Å². The Hall–Kier alpha value is -1.82. The van der Waals surface area contributed by atoms with Crippen LogP contribution in [0.25, 0.3) is 0 Å². The lowest BCUT2D eigenvalue weighted by molar-refractivity contribution is 0.102. The van der Waals surface area contributed by atoms with Crippen LogP contribution < -0.4 is 5.32 Å². The second-order valence-electron chi connectivity index (χ2n) is 4.02. The van der Waals surface area contributed by atoms with Crippen molar-refractivity contribution in [3.63, 3.8) is 0 Å². The maximum absolute atomic E-state index is 12.2. The van der Waals surface area contributed by atoms with Gasteiger partial charge in [-0.05, 0) is 47.5 Å². The summed E-state index contributed by atoms with van der Waals surface area (Å²) in [6, 6.07) is 5.29. The summed E-state index contributed by atoms with van der Waals surface area (Å²) in [4.78, 5) is 16.3. The molecular weight excluding hydrogens is 308 g/mol. The number of aryl methyl sites for hydroxylation is 2. The zero-order valence-electron chi connectivity index (χ0n) is 10.6. The average molecular weight is 321 g/mol. The maximum atomic E-state index is 12.2. The van der Waals surface area contributed by atoms with Gasteiger partial charge >= 0.3 is 0 Å². The Labute approximate surface area is 119 Å². The first kappa shape index (κ1) is 13.6. The van der Waals surface area contributed by atoms with E-state index < -0.39 is 0 Å². The van der Waals surface area contributed by atoms with E-state index >= 15 is 0 Å². The lowest BCUT2D eigenvalue weighted by atomic mass is 10.1. The molecule has 0 aromatic carbocycles. The third-order valence-corrected chi connectivity index (χ3v) is 3.01. The lowest BCUT2D eigenvalue weighted by Crippen LogP contribution is -2.16. The number of pyridine rings is 1. The van der Waals surface area contributed by atoms with Crippen molar-refractivity contribution in [1.82, 2.24) is 15.2 Å². The highest BCUT2D eigenvalue weighted by Gasteiger charge is 2.13. The Morgan fingerprint density at radius 1 is 1.37 bits per heavy atom. The van der Waals surface area contributed by atoms with Gasteiger partial charge in [0.05, 0.1) is 17.0 Å².